The lowest BCUT2D eigenvalue weighted by molar-refractivity contribution is -0.605. The van der Waals surface area contributed by atoms with E-state index in [1.54, 1.807) is 37.2 Å². The number of rotatable bonds is 13. The average molecular weight is 725 g/mol. The number of aromatic nitrogens is 1. The molecule has 10 nitrogen and oxygen atoms in total. The van der Waals surface area contributed by atoms with Crippen molar-refractivity contribution in [3.05, 3.63) is 92.4 Å². The maximum Gasteiger partial charge on any atom is 0.387 e. The highest BCUT2D eigenvalue weighted by molar-refractivity contribution is 8.00. The van der Waals surface area contributed by atoms with Gasteiger partial charge in [0.15, 0.2) is 23.9 Å². The zero-order valence-corrected chi connectivity index (χ0v) is 28.4. The van der Waals surface area contributed by atoms with E-state index in [2.05, 4.69) is 4.74 Å². The van der Waals surface area contributed by atoms with Crippen LogP contribution in [0.2, 0.25) is 10.0 Å². The zero-order chi connectivity index (χ0) is 34.5. The number of halogens is 4. The molecule has 0 bridgehead atoms. The number of ether oxygens (including phenoxy) is 3. The van der Waals surface area contributed by atoms with Gasteiger partial charge in [-0.3, -0.25) is 14.4 Å². The molecule has 1 aliphatic heterocycles. The van der Waals surface area contributed by atoms with Gasteiger partial charge in [0.05, 0.1) is 18.4 Å². The lowest BCUT2D eigenvalue weighted by atomic mass is 10.0. The lowest BCUT2D eigenvalue weighted by Gasteiger charge is -2.25. The van der Waals surface area contributed by atoms with Crippen molar-refractivity contribution in [3.8, 4) is 11.5 Å². The van der Waals surface area contributed by atoms with Gasteiger partial charge in [-0.25, -0.2) is 0 Å². The Hall–Kier alpha value is -3.81. The molecule has 2 aliphatic rings. The van der Waals surface area contributed by atoms with Crippen molar-refractivity contribution in [1.29, 1.82) is 0 Å². The van der Waals surface area contributed by atoms with E-state index in [1.807, 2.05) is 0 Å². The maximum atomic E-state index is 13.5. The summed E-state index contributed by atoms with van der Waals surface area (Å²) in [5.74, 6) is -0.441. The van der Waals surface area contributed by atoms with E-state index in [1.165, 1.54) is 40.9 Å². The average Bonchev–Trinajstić information content (AvgIpc) is 3.76. The van der Waals surface area contributed by atoms with E-state index in [0.717, 1.165) is 25.2 Å². The Morgan fingerprint density at radius 3 is 2.44 bits per heavy atom. The number of pyridine rings is 1. The topological polar surface area (TPSA) is 112 Å². The Kier molecular flexibility index (Phi) is 11.5. The number of benzene rings is 2. The molecule has 2 aromatic carbocycles. The first kappa shape index (κ1) is 35.5. The number of thioether (sulfide) groups is 1. The number of carbonyl (C=O) groups excluding carboxylic acids is 3. The van der Waals surface area contributed by atoms with Crippen molar-refractivity contribution in [2.75, 3.05) is 33.0 Å². The second-order valence-electron chi connectivity index (χ2n) is 11.6. The fraction of sp³-hybridized carbons (Fsp3) is 0.394. The highest BCUT2D eigenvalue weighted by Crippen LogP contribution is 2.38. The molecule has 1 saturated heterocycles. The molecule has 0 radical (unpaired) electrons. The molecule has 3 aromatic rings. The van der Waals surface area contributed by atoms with Crippen LogP contribution in [-0.2, 0) is 16.0 Å². The SMILES string of the molecule is CN(C)C(=O)c1cccc(C(=O)N2CCSC2CC(=O)O[C@@H](Cc2c(Cl)c[n+]([O-])cc2Cl)c2ccc(OC(F)F)c(OCC3CC3)c2)c1. The molecule has 1 aromatic heterocycles. The normalized spacial score (nSPS) is 16.5. The fourth-order valence-corrected chi connectivity index (χ4v) is 6.95. The van der Waals surface area contributed by atoms with Gasteiger partial charge < -0.3 is 29.2 Å². The number of alkyl halides is 2. The lowest BCUT2D eigenvalue weighted by Crippen LogP contribution is -2.36. The van der Waals surface area contributed by atoms with Crippen LogP contribution < -0.4 is 14.2 Å². The van der Waals surface area contributed by atoms with Crippen molar-refractivity contribution in [1.82, 2.24) is 9.80 Å². The van der Waals surface area contributed by atoms with Crippen LogP contribution in [0.5, 0.6) is 11.5 Å². The minimum absolute atomic E-state index is 0.0412. The van der Waals surface area contributed by atoms with Gasteiger partial charge in [0.25, 0.3) is 11.8 Å². The number of nitrogens with zero attached hydrogens (tertiary/aromatic N) is 3. The number of hydrogen-bond acceptors (Lipinski definition) is 8. The smallest absolute Gasteiger partial charge is 0.387 e. The Bertz CT molecular complexity index is 1650. The van der Waals surface area contributed by atoms with Crippen LogP contribution in [0.3, 0.4) is 0 Å². The summed E-state index contributed by atoms with van der Waals surface area (Å²) in [4.78, 5) is 42.5. The summed E-state index contributed by atoms with van der Waals surface area (Å²) in [6, 6.07) is 10.7. The third kappa shape index (κ3) is 9.00. The van der Waals surface area contributed by atoms with Gasteiger partial charge in [0, 0.05) is 49.5 Å². The molecule has 2 fully saturated rings. The summed E-state index contributed by atoms with van der Waals surface area (Å²) in [6.07, 6.45) is 2.90. The van der Waals surface area contributed by atoms with Crippen LogP contribution in [0, 0.1) is 11.1 Å². The van der Waals surface area contributed by atoms with E-state index < -0.39 is 24.1 Å². The summed E-state index contributed by atoms with van der Waals surface area (Å²) < 4.78 is 43.3. The Morgan fingerprint density at radius 2 is 1.77 bits per heavy atom. The quantitative estimate of drug-likeness (QED) is 0.117. The Labute approximate surface area is 290 Å². The summed E-state index contributed by atoms with van der Waals surface area (Å²) in [5.41, 5.74) is 1.39. The molecule has 2 amide bonds. The summed E-state index contributed by atoms with van der Waals surface area (Å²) >= 11 is 14.1. The second kappa shape index (κ2) is 15.6. The molecule has 1 saturated carbocycles. The highest BCUT2D eigenvalue weighted by atomic mass is 35.5. The molecule has 1 unspecified atom stereocenters. The van der Waals surface area contributed by atoms with Crippen LogP contribution >= 0.6 is 35.0 Å². The van der Waals surface area contributed by atoms with Crippen LogP contribution in [0.1, 0.15) is 57.2 Å². The molecule has 15 heteroatoms. The van der Waals surface area contributed by atoms with Crippen LogP contribution in [0.4, 0.5) is 8.78 Å². The molecule has 2 atom stereocenters. The minimum Gasteiger partial charge on any atom is -0.619 e. The third-order valence-electron chi connectivity index (χ3n) is 7.80. The van der Waals surface area contributed by atoms with E-state index in [-0.39, 0.29) is 46.2 Å². The summed E-state index contributed by atoms with van der Waals surface area (Å²) in [7, 11) is 3.24. The van der Waals surface area contributed by atoms with Gasteiger partial charge in [-0.15, -0.1) is 11.8 Å². The molecular weight excluding hydrogens is 691 g/mol. The van der Waals surface area contributed by atoms with Gasteiger partial charge >= 0.3 is 12.6 Å². The van der Waals surface area contributed by atoms with Gasteiger partial charge in [-0.2, -0.15) is 13.5 Å². The molecule has 256 valence electrons. The number of hydrogen-bond donors (Lipinski definition) is 0. The van der Waals surface area contributed by atoms with E-state index in [4.69, 9.17) is 32.7 Å². The van der Waals surface area contributed by atoms with Crippen LogP contribution in [-0.4, -0.2) is 72.6 Å². The number of amides is 2. The van der Waals surface area contributed by atoms with Crippen LogP contribution in [0.25, 0.3) is 0 Å². The summed E-state index contributed by atoms with van der Waals surface area (Å²) in [5, 5.41) is 11.4. The van der Waals surface area contributed by atoms with E-state index >= 15 is 0 Å². The van der Waals surface area contributed by atoms with Crippen molar-refractivity contribution in [3.63, 3.8) is 0 Å². The maximum absolute atomic E-state index is 13.5. The van der Waals surface area contributed by atoms with Gasteiger partial charge in [0.1, 0.15) is 16.1 Å². The largest absolute Gasteiger partial charge is 0.619 e. The van der Waals surface area contributed by atoms with Crippen molar-refractivity contribution in [2.24, 2.45) is 5.92 Å². The predicted octanol–water partition coefficient (Wildman–Crippen LogP) is 6.15. The Balaban J connectivity index is 1.38. The number of carbonyl (C=O) groups is 3. The molecule has 0 spiro atoms. The monoisotopic (exact) mass is 723 g/mol. The van der Waals surface area contributed by atoms with E-state index in [0.29, 0.717) is 51.8 Å². The third-order valence-corrected chi connectivity index (χ3v) is 9.68. The molecule has 5 rings (SSSR count). The second-order valence-corrected chi connectivity index (χ2v) is 13.7. The minimum atomic E-state index is -3.08. The molecular formula is C33H33Cl2F2N3O7S. The standard InChI is InChI=1S/C33H33Cl2F2N3O7S/c1-38(2)31(42)21-4-3-5-22(12-21)32(43)40-10-11-48-29(40)15-30(41)46-27(14-23-24(34)16-39(44)17-25(23)35)20-8-9-26(47-33(36)37)28(13-20)45-18-19-6-7-19/h3-5,8-9,12-13,16-17,19,27,29,33H,6-7,10-11,14-15,18H2,1-2H3/t27-,29?/m0/s1. The number of esters is 1. The van der Waals surface area contributed by atoms with Crippen molar-refractivity contribution < 1.29 is 42.1 Å². The van der Waals surface area contributed by atoms with Crippen molar-refractivity contribution >= 4 is 52.7 Å². The fourth-order valence-electron chi connectivity index (χ4n) is 5.14. The van der Waals surface area contributed by atoms with E-state index in [9.17, 15) is 28.4 Å². The molecule has 0 N–H and O–H groups in total. The van der Waals surface area contributed by atoms with Crippen LogP contribution in [0.15, 0.2) is 54.9 Å². The molecule has 2 heterocycles. The highest BCUT2D eigenvalue weighted by Gasteiger charge is 2.34. The van der Waals surface area contributed by atoms with Gasteiger partial charge in [-0.05, 0) is 54.7 Å². The zero-order valence-electron chi connectivity index (χ0n) is 26.1. The first-order valence-corrected chi connectivity index (χ1v) is 16.9. The molecule has 48 heavy (non-hydrogen) atoms. The van der Waals surface area contributed by atoms with Gasteiger partial charge in [-0.1, -0.05) is 35.3 Å². The summed E-state index contributed by atoms with van der Waals surface area (Å²) in [6.45, 7) is -2.39. The predicted molar refractivity (Wildman–Crippen MR) is 176 cm³/mol. The first-order chi connectivity index (χ1) is 22.9. The molecule has 1 aliphatic carbocycles. The first-order valence-electron chi connectivity index (χ1n) is 15.1. The van der Waals surface area contributed by atoms with Gasteiger partial charge in [0.2, 0.25) is 0 Å². The Morgan fingerprint density at radius 1 is 1.06 bits per heavy atom. The van der Waals surface area contributed by atoms with Crippen molar-refractivity contribution in [2.45, 2.75) is 43.8 Å².